The molecule has 1 aliphatic rings. The highest BCUT2D eigenvalue weighted by molar-refractivity contribution is 7.80. The molecule has 0 saturated heterocycles. The van der Waals surface area contributed by atoms with Crippen LogP contribution in [0, 0.1) is 0 Å². The number of pyridine rings is 1. The summed E-state index contributed by atoms with van der Waals surface area (Å²) in [7, 11) is 1.77. The summed E-state index contributed by atoms with van der Waals surface area (Å²) >= 11 is 5.33. The molecular weight excluding hydrogens is 220 g/mol. The molecular formula is C12H14N2OS. The first kappa shape index (κ1) is 11.2. The molecule has 1 fully saturated rings. The summed E-state index contributed by atoms with van der Waals surface area (Å²) in [6, 6.07) is 3.78. The monoisotopic (exact) mass is 234 g/mol. The Bertz CT molecular complexity index is 418. The van der Waals surface area contributed by atoms with Gasteiger partial charge in [-0.05, 0) is 24.5 Å². The number of nitrogens with one attached hydrogen (secondary N) is 1. The molecule has 84 valence electrons. The molecule has 1 aromatic heterocycles. The van der Waals surface area contributed by atoms with Gasteiger partial charge in [-0.1, -0.05) is 18.3 Å². The van der Waals surface area contributed by atoms with Gasteiger partial charge in [0.05, 0.1) is 4.99 Å². The Balaban J connectivity index is 2.51. The lowest BCUT2D eigenvalue weighted by atomic mass is 9.78. The zero-order valence-electron chi connectivity index (χ0n) is 9.19. The van der Waals surface area contributed by atoms with Crippen molar-refractivity contribution >= 4 is 23.0 Å². The van der Waals surface area contributed by atoms with Crippen molar-refractivity contribution in [1.29, 1.82) is 0 Å². The van der Waals surface area contributed by atoms with E-state index in [2.05, 4.69) is 10.3 Å². The Morgan fingerprint density at radius 1 is 1.62 bits per heavy atom. The second kappa shape index (κ2) is 4.29. The van der Waals surface area contributed by atoms with Crippen molar-refractivity contribution in [3.05, 3.63) is 30.1 Å². The summed E-state index contributed by atoms with van der Waals surface area (Å²) in [5.41, 5.74) is 0.287. The van der Waals surface area contributed by atoms with Gasteiger partial charge in [-0.2, -0.15) is 0 Å². The smallest absolute Gasteiger partial charge is 0.150 e. The van der Waals surface area contributed by atoms with Gasteiger partial charge in [0, 0.05) is 25.9 Å². The van der Waals surface area contributed by atoms with Crippen LogP contribution in [0.5, 0.6) is 0 Å². The average Bonchev–Trinajstić information content (AvgIpc) is 2.72. The van der Waals surface area contributed by atoms with Crippen molar-refractivity contribution in [2.75, 3.05) is 7.05 Å². The van der Waals surface area contributed by atoms with Crippen LogP contribution in [0.2, 0.25) is 0 Å². The largest absolute Gasteiger partial charge is 0.382 e. The summed E-state index contributed by atoms with van der Waals surface area (Å²) in [5, 5.41) is 2.96. The van der Waals surface area contributed by atoms with E-state index in [4.69, 9.17) is 12.2 Å². The number of carbonyl (C=O) groups is 1. The van der Waals surface area contributed by atoms with Crippen LogP contribution in [0.15, 0.2) is 24.5 Å². The van der Waals surface area contributed by atoms with Crippen LogP contribution < -0.4 is 5.32 Å². The number of carbonyl (C=O) groups excluding carboxylic acids is 1. The van der Waals surface area contributed by atoms with E-state index in [-0.39, 0.29) is 5.78 Å². The number of ketones is 1. The fraction of sp³-hybridized carbons (Fsp3) is 0.417. The van der Waals surface area contributed by atoms with Crippen molar-refractivity contribution in [2.24, 2.45) is 0 Å². The Morgan fingerprint density at radius 3 is 2.94 bits per heavy atom. The summed E-state index contributed by atoms with van der Waals surface area (Å²) in [5.74, 6) is 0.208. The van der Waals surface area contributed by atoms with Gasteiger partial charge < -0.3 is 5.32 Å². The van der Waals surface area contributed by atoms with E-state index >= 15 is 0 Å². The van der Waals surface area contributed by atoms with E-state index < -0.39 is 5.41 Å². The van der Waals surface area contributed by atoms with Gasteiger partial charge in [-0.3, -0.25) is 9.78 Å². The molecule has 0 bridgehead atoms. The van der Waals surface area contributed by atoms with Gasteiger partial charge in [0.1, 0.15) is 11.2 Å². The molecule has 0 spiro atoms. The minimum atomic E-state index is -0.627. The third kappa shape index (κ3) is 1.53. The van der Waals surface area contributed by atoms with E-state index in [1.54, 1.807) is 19.4 Å². The van der Waals surface area contributed by atoms with Gasteiger partial charge in [0.2, 0.25) is 0 Å². The second-order valence-corrected chi connectivity index (χ2v) is 4.41. The number of aromatic nitrogens is 1. The first-order chi connectivity index (χ1) is 7.71. The van der Waals surface area contributed by atoms with Crippen LogP contribution in [-0.4, -0.2) is 22.8 Å². The SMILES string of the molecule is CNC(=S)C1(c2cccnc2)CCCC1=O. The lowest BCUT2D eigenvalue weighted by molar-refractivity contribution is -0.120. The molecule has 1 atom stereocenters. The number of nitrogens with zero attached hydrogens (tertiary/aromatic N) is 1. The number of hydrogen-bond donors (Lipinski definition) is 1. The van der Waals surface area contributed by atoms with Gasteiger partial charge in [-0.15, -0.1) is 0 Å². The van der Waals surface area contributed by atoms with E-state index in [0.717, 1.165) is 18.4 Å². The topological polar surface area (TPSA) is 42.0 Å². The minimum absolute atomic E-state index is 0.208. The van der Waals surface area contributed by atoms with Crippen LogP contribution >= 0.6 is 12.2 Å². The molecule has 3 nitrogen and oxygen atoms in total. The maximum absolute atomic E-state index is 12.1. The molecule has 0 amide bonds. The molecule has 1 saturated carbocycles. The highest BCUT2D eigenvalue weighted by Crippen LogP contribution is 2.38. The van der Waals surface area contributed by atoms with Gasteiger partial charge in [-0.25, -0.2) is 0 Å². The summed E-state index contributed by atoms with van der Waals surface area (Å²) in [6.07, 6.45) is 5.75. The molecule has 0 aromatic carbocycles. The Morgan fingerprint density at radius 2 is 2.44 bits per heavy atom. The van der Waals surface area contributed by atoms with E-state index in [0.29, 0.717) is 11.4 Å². The van der Waals surface area contributed by atoms with Gasteiger partial charge in [0.25, 0.3) is 0 Å². The molecule has 1 N–H and O–H groups in total. The number of Topliss-reactive ketones (excluding diaryl/α,β-unsaturated/α-hetero) is 1. The highest BCUT2D eigenvalue weighted by Gasteiger charge is 2.46. The first-order valence-corrected chi connectivity index (χ1v) is 5.78. The number of rotatable bonds is 2. The zero-order chi connectivity index (χ0) is 11.6. The lowest BCUT2D eigenvalue weighted by Gasteiger charge is -2.28. The summed E-state index contributed by atoms with van der Waals surface area (Å²) in [4.78, 5) is 16.8. The van der Waals surface area contributed by atoms with E-state index in [9.17, 15) is 4.79 Å². The third-order valence-corrected chi connectivity index (χ3v) is 3.75. The van der Waals surface area contributed by atoms with Gasteiger partial charge >= 0.3 is 0 Å². The Hall–Kier alpha value is -1.29. The number of hydrogen-bond acceptors (Lipinski definition) is 3. The fourth-order valence-electron chi connectivity index (χ4n) is 2.37. The van der Waals surface area contributed by atoms with E-state index in [1.165, 1.54) is 0 Å². The van der Waals surface area contributed by atoms with Crippen LogP contribution in [0.3, 0.4) is 0 Å². The van der Waals surface area contributed by atoms with Crippen molar-refractivity contribution in [3.63, 3.8) is 0 Å². The van der Waals surface area contributed by atoms with Crippen molar-refractivity contribution < 1.29 is 4.79 Å². The maximum Gasteiger partial charge on any atom is 0.150 e. The standard InChI is InChI=1S/C12H14N2OS/c1-13-11(16)12(6-2-5-10(12)15)9-4-3-7-14-8-9/h3-4,7-8H,2,5-6H2,1H3,(H,13,16). The predicted octanol–water partition coefficient (Wildman–Crippen LogP) is 1.62. The van der Waals surface area contributed by atoms with Crippen LogP contribution in [0.25, 0.3) is 0 Å². The first-order valence-electron chi connectivity index (χ1n) is 5.38. The summed E-state index contributed by atoms with van der Waals surface area (Å²) < 4.78 is 0. The van der Waals surface area contributed by atoms with Crippen LogP contribution in [-0.2, 0) is 10.2 Å². The summed E-state index contributed by atoms with van der Waals surface area (Å²) in [6.45, 7) is 0. The molecule has 2 rings (SSSR count). The normalized spacial score (nSPS) is 24.4. The third-order valence-electron chi connectivity index (χ3n) is 3.20. The van der Waals surface area contributed by atoms with Crippen molar-refractivity contribution in [3.8, 4) is 0 Å². The number of thiocarbonyl (C=S) groups is 1. The predicted molar refractivity (Wildman–Crippen MR) is 66.4 cm³/mol. The minimum Gasteiger partial charge on any atom is -0.382 e. The second-order valence-electron chi connectivity index (χ2n) is 4.00. The molecule has 4 heteroatoms. The molecule has 16 heavy (non-hydrogen) atoms. The lowest BCUT2D eigenvalue weighted by Crippen LogP contribution is -2.45. The van der Waals surface area contributed by atoms with Crippen LogP contribution in [0.4, 0.5) is 0 Å². The molecule has 0 aliphatic heterocycles. The van der Waals surface area contributed by atoms with Gasteiger partial charge in [0.15, 0.2) is 0 Å². The van der Waals surface area contributed by atoms with E-state index in [1.807, 2.05) is 12.1 Å². The fourth-order valence-corrected chi connectivity index (χ4v) is 2.71. The Labute approximate surface area is 100 Å². The molecule has 1 aromatic rings. The highest BCUT2D eigenvalue weighted by atomic mass is 32.1. The molecule has 1 aliphatic carbocycles. The molecule has 1 unspecified atom stereocenters. The quantitative estimate of drug-likeness (QED) is 0.790. The number of likely N-dealkylation sites (N-methyl/N-ethyl adjacent to an activating group) is 1. The molecule has 0 radical (unpaired) electrons. The average molecular weight is 234 g/mol. The van der Waals surface area contributed by atoms with Crippen molar-refractivity contribution in [1.82, 2.24) is 10.3 Å². The molecule has 1 heterocycles. The Kier molecular flexibility index (Phi) is 3.01. The zero-order valence-corrected chi connectivity index (χ0v) is 10.0. The maximum atomic E-state index is 12.1. The van der Waals surface area contributed by atoms with Crippen LogP contribution in [0.1, 0.15) is 24.8 Å². The van der Waals surface area contributed by atoms with Crippen molar-refractivity contribution in [2.45, 2.75) is 24.7 Å².